The lowest BCUT2D eigenvalue weighted by Gasteiger charge is -2.32. The number of piperazine rings is 1. The molecule has 1 amide bonds. The van der Waals surface area contributed by atoms with Crippen LogP contribution in [0, 0.1) is 0 Å². The van der Waals surface area contributed by atoms with Crippen LogP contribution in [-0.2, 0) is 16.1 Å². The number of quaternary nitrogens is 2. The standard InChI is InChI=1S/C17H24BrN3O2/c18-16-3-1-15(2-4-16)13-19-5-7-20(8-6-19)14-17(22)21-9-11-23-12-10-21/h1-4H,5-14H2/p+2. The second-order valence-corrected chi connectivity index (χ2v) is 7.39. The normalized spacial score (nSPS) is 25.3. The number of nitrogens with one attached hydrogen (secondary N) is 2. The molecular weight excluding hydrogens is 358 g/mol. The van der Waals surface area contributed by atoms with Crippen molar-refractivity contribution in [2.24, 2.45) is 0 Å². The number of carbonyl (C=O) groups excluding carboxylic acids is 1. The Morgan fingerprint density at radius 3 is 2.30 bits per heavy atom. The lowest BCUT2D eigenvalue weighted by atomic mass is 10.2. The Hall–Kier alpha value is -0.950. The molecule has 0 spiro atoms. The Labute approximate surface area is 146 Å². The number of nitrogens with zero attached hydrogens (tertiary/aromatic N) is 1. The second kappa shape index (κ2) is 8.24. The minimum absolute atomic E-state index is 0.291. The molecule has 0 aliphatic carbocycles. The molecule has 0 atom stereocenters. The van der Waals surface area contributed by atoms with E-state index in [0.717, 1.165) is 50.3 Å². The summed E-state index contributed by atoms with van der Waals surface area (Å²) in [5.74, 6) is 0.291. The maximum atomic E-state index is 12.3. The Kier molecular flexibility index (Phi) is 6.05. The van der Waals surface area contributed by atoms with Crippen molar-refractivity contribution in [2.45, 2.75) is 6.54 Å². The number of halogens is 1. The first-order valence-electron chi connectivity index (χ1n) is 8.48. The molecule has 0 aromatic heterocycles. The van der Waals surface area contributed by atoms with Gasteiger partial charge in [-0.15, -0.1) is 0 Å². The third kappa shape index (κ3) is 5.01. The molecule has 3 rings (SSSR count). The predicted octanol–water partition coefficient (Wildman–Crippen LogP) is -1.41. The first kappa shape index (κ1) is 16.9. The van der Waals surface area contributed by atoms with Gasteiger partial charge in [-0.05, 0) is 12.1 Å². The van der Waals surface area contributed by atoms with E-state index < -0.39 is 0 Å². The molecule has 0 saturated carbocycles. The highest BCUT2D eigenvalue weighted by Gasteiger charge is 2.27. The van der Waals surface area contributed by atoms with Crippen molar-refractivity contribution >= 4 is 21.8 Å². The molecule has 2 fully saturated rings. The molecule has 23 heavy (non-hydrogen) atoms. The first-order chi connectivity index (χ1) is 11.2. The summed E-state index contributed by atoms with van der Waals surface area (Å²) in [6.45, 7) is 9.06. The molecule has 2 aliphatic heterocycles. The molecule has 2 saturated heterocycles. The van der Waals surface area contributed by atoms with Gasteiger partial charge < -0.3 is 19.4 Å². The average molecular weight is 384 g/mol. The zero-order valence-electron chi connectivity index (χ0n) is 13.5. The summed E-state index contributed by atoms with van der Waals surface area (Å²) >= 11 is 3.48. The van der Waals surface area contributed by atoms with Crippen LogP contribution in [0.5, 0.6) is 0 Å². The van der Waals surface area contributed by atoms with Crippen LogP contribution in [0.2, 0.25) is 0 Å². The second-order valence-electron chi connectivity index (χ2n) is 6.47. The van der Waals surface area contributed by atoms with Gasteiger partial charge in [-0.1, -0.05) is 28.1 Å². The summed E-state index contributed by atoms with van der Waals surface area (Å²) in [4.78, 5) is 17.3. The van der Waals surface area contributed by atoms with Gasteiger partial charge in [0.25, 0.3) is 5.91 Å². The fourth-order valence-corrected chi connectivity index (χ4v) is 3.60. The lowest BCUT2D eigenvalue weighted by Crippen LogP contribution is -3.28. The third-order valence-electron chi connectivity index (χ3n) is 4.80. The topological polar surface area (TPSA) is 38.4 Å². The van der Waals surface area contributed by atoms with E-state index in [9.17, 15) is 4.79 Å². The van der Waals surface area contributed by atoms with Gasteiger partial charge in [0.05, 0.1) is 13.2 Å². The highest BCUT2D eigenvalue weighted by molar-refractivity contribution is 9.10. The Balaban J connectivity index is 1.41. The summed E-state index contributed by atoms with van der Waals surface area (Å²) < 4.78 is 6.44. The summed E-state index contributed by atoms with van der Waals surface area (Å²) in [6.07, 6.45) is 0. The molecule has 0 radical (unpaired) electrons. The van der Waals surface area contributed by atoms with E-state index in [0.29, 0.717) is 25.7 Å². The van der Waals surface area contributed by atoms with Crippen LogP contribution in [-0.4, -0.2) is 69.8 Å². The van der Waals surface area contributed by atoms with Gasteiger partial charge in [0.1, 0.15) is 32.7 Å². The molecule has 2 aliphatic rings. The van der Waals surface area contributed by atoms with Crippen molar-refractivity contribution in [2.75, 3.05) is 59.0 Å². The van der Waals surface area contributed by atoms with Crippen molar-refractivity contribution in [1.82, 2.24) is 4.90 Å². The number of carbonyl (C=O) groups is 1. The summed E-state index contributed by atoms with van der Waals surface area (Å²) in [6, 6.07) is 8.60. The number of hydrogen-bond donors (Lipinski definition) is 2. The third-order valence-corrected chi connectivity index (χ3v) is 5.33. The Morgan fingerprint density at radius 1 is 1.04 bits per heavy atom. The maximum absolute atomic E-state index is 12.3. The van der Waals surface area contributed by atoms with E-state index in [-0.39, 0.29) is 0 Å². The predicted molar refractivity (Wildman–Crippen MR) is 91.5 cm³/mol. The highest BCUT2D eigenvalue weighted by Crippen LogP contribution is 2.09. The number of amides is 1. The molecule has 1 aromatic carbocycles. The number of rotatable bonds is 4. The quantitative estimate of drug-likeness (QED) is 0.670. The van der Waals surface area contributed by atoms with Gasteiger partial charge in [0, 0.05) is 23.1 Å². The van der Waals surface area contributed by atoms with Crippen LogP contribution in [0.15, 0.2) is 28.7 Å². The zero-order chi connectivity index (χ0) is 16.1. The molecule has 126 valence electrons. The molecule has 2 heterocycles. The van der Waals surface area contributed by atoms with Crippen LogP contribution >= 0.6 is 15.9 Å². The van der Waals surface area contributed by atoms with Crippen LogP contribution in [0.3, 0.4) is 0 Å². The van der Waals surface area contributed by atoms with Gasteiger partial charge in [0.2, 0.25) is 0 Å². The number of hydrogen-bond acceptors (Lipinski definition) is 2. The number of morpholine rings is 1. The SMILES string of the molecule is O=C(C[NH+]1CC[NH+](Cc2ccc(Br)cc2)CC1)N1CCOCC1. The fourth-order valence-electron chi connectivity index (χ4n) is 3.34. The molecule has 2 N–H and O–H groups in total. The van der Waals surface area contributed by atoms with E-state index >= 15 is 0 Å². The van der Waals surface area contributed by atoms with Crippen molar-refractivity contribution in [3.63, 3.8) is 0 Å². The van der Waals surface area contributed by atoms with Crippen molar-refractivity contribution in [3.8, 4) is 0 Å². The summed E-state index contributed by atoms with van der Waals surface area (Å²) in [7, 11) is 0. The minimum atomic E-state index is 0.291. The Morgan fingerprint density at radius 2 is 1.65 bits per heavy atom. The molecule has 0 bridgehead atoms. The van der Waals surface area contributed by atoms with Crippen LogP contribution in [0.4, 0.5) is 0 Å². The maximum Gasteiger partial charge on any atom is 0.277 e. The average Bonchev–Trinajstić information content (AvgIpc) is 2.59. The Bertz CT molecular complexity index is 509. The molecular formula is C17H26BrN3O2+2. The van der Waals surface area contributed by atoms with Crippen molar-refractivity contribution in [1.29, 1.82) is 0 Å². The number of ether oxygens (including phenoxy) is 1. The smallest absolute Gasteiger partial charge is 0.277 e. The molecule has 1 aromatic rings. The minimum Gasteiger partial charge on any atom is -0.378 e. The van der Waals surface area contributed by atoms with Gasteiger partial charge in [-0.25, -0.2) is 0 Å². The lowest BCUT2D eigenvalue weighted by molar-refractivity contribution is -1.02. The van der Waals surface area contributed by atoms with E-state index in [2.05, 4.69) is 40.2 Å². The van der Waals surface area contributed by atoms with Crippen LogP contribution in [0.1, 0.15) is 5.56 Å². The monoisotopic (exact) mass is 383 g/mol. The van der Waals surface area contributed by atoms with E-state index in [1.54, 1.807) is 4.90 Å². The number of benzene rings is 1. The van der Waals surface area contributed by atoms with E-state index in [4.69, 9.17) is 4.74 Å². The van der Waals surface area contributed by atoms with Gasteiger partial charge in [0.15, 0.2) is 6.54 Å². The van der Waals surface area contributed by atoms with Crippen LogP contribution < -0.4 is 9.80 Å². The molecule has 0 unspecified atom stereocenters. The fraction of sp³-hybridized carbons (Fsp3) is 0.588. The zero-order valence-corrected chi connectivity index (χ0v) is 15.1. The van der Waals surface area contributed by atoms with Gasteiger partial charge >= 0.3 is 0 Å². The van der Waals surface area contributed by atoms with E-state index in [1.165, 1.54) is 10.5 Å². The summed E-state index contributed by atoms with van der Waals surface area (Å²) in [5, 5.41) is 0. The van der Waals surface area contributed by atoms with Crippen LogP contribution in [0.25, 0.3) is 0 Å². The van der Waals surface area contributed by atoms with E-state index in [1.807, 2.05) is 4.90 Å². The first-order valence-corrected chi connectivity index (χ1v) is 9.27. The molecule has 5 nitrogen and oxygen atoms in total. The largest absolute Gasteiger partial charge is 0.378 e. The summed E-state index contributed by atoms with van der Waals surface area (Å²) in [5.41, 5.74) is 1.39. The molecule has 6 heteroatoms. The van der Waals surface area contributed by atoms with Crippen molar-refractivity contribution in [3.05, 3.63) is 34.3 Å². The van der Waals surface area contributed by atoms with Gasteiger partial charge in [-0.3, -0.25) is 4.79 Å². The highest BCUT2D eigenvalue weighted by atomic mass is 79.9. The van der Waals surface area contributed by atoms with Crippen molar-refractivity contribution < 1.29 is 19.3 Å². The van der Waals surface area contributed by atoms with Gasteiger partial charge in [-0.2, -0.15) is 0 Å².